The molecule has 1 aliphatic heterocycles. The van der Waals surface area contributed by atoms with Gasteiger partial charge in [-0.1, -0.05) is 12.1 Å². The Morgan fingerprint density at radius 2 is 2.14 bits per heavy atom. The van der Waals surface area contributed by atoms with Gasteiger partial charge in [-0.3, -0.25) is 0 Å². The van der Waals surface area contributed by atoms with Gasteiger partial charge in [0, 0.05) is 5.56 Å². The topological polar surface area (TPSA) is 44.5 Å². The molecule has 0 fully saturated rings. The largest absolute Gasteiger partial charge is 0.486 e. The zero-order valence-corrected chi connectivity index (χ0v) is 7.70. The van der Waals surface area contributed by atoms with Gasteiger partial charge in [-0.2, -0.15) is 0 Å². The molecule has 2 N–H and O–H groups in total. The Labute approximate surface area is 81.6 Å². The standard InChI is InChI=1S/C10H12FNO2/c11-6-8(12)7-2-1-3-9-10(7)14-5-4-13-9/h1-3,8H,4-6,12H2/t8-/m1/s1. The summed E-state index contributed by atoms with van der Waals surface area (Å²) in [6.07, 6.45) is 0. The third kappa shape index (κ3) is 1.53. The molecular formula is C10H12FNO2. The van der Waals surface area contributed by atoms with E-state index in [9.17, 15) is 4.39 Å². The molecular weight excluding hydrogens is 185 g/mol. The lowest BCUT2D eigenvalue weighted by Crippen LogP contribution is -2.20. The summed E-state index contributed by atoms with van der Waals surface area (Å²) in [6, 6.07) is 4.71. The van der Waals surface area contributed by atoms with Crippen LogP contribution in [0.2, 0.25) is 0 Å². The first kappa shape index (κ1) is 9.27. The highest BCUT2D eigenvalue weighted by Gasteiger charge is 2.19. The maximum atomic E-state index is 12.4. The minimum absolute atomic E-state index is 0.489. The molecule has 1 heterocycles. The van der Waals surface area contributed by atoms with Crippen LogP contribution >= 0.6 is 0 Å². The lowest BCUT2D eigenvalue weighted by Gasteiger charge is -2.22. The summed E-state index contributed by atoms with van der Waals surface area (Å²) >= 11 is 0. The number of nitrogens with two attached hydrogens (primary N) is 1. The van der Waals surface area contributed by atoms with E-state index in [0.29, 0.717) is 30.3 Å². The van der Waals surface area contributed by atoms with Crippen LogP contribution in [0.3, 0.4) is 0 Å². The van der Waals surface area contributed by atoms with Gasteiger partial charge in [-0.15, -0.1) is 0 Å². The minimum Gasteiger partial charge on any atom is -0.486 e. The fourth-order valence-electron chi connectivity index (χ4n) is 1.47. The molecule has 4 heteroatoms. The molecule has 14 heavy (non-hydrogen) atoms. The van der Waals surface area contributed by atoms with Crippen LogP contribution in [-0.2, 0) is 0 Å². The van der Waals surface area contributed by atoms with Crippen molar-refractivity contribution in [3.05, 3.63) is 23.8 Å². The Morgan fingerprint density at radius 1 is 1.36 bits per heavy atom. The maximum Gasteiger partial charge on any atom is 0.166 e. The Kier molecular flexibility index (Phi) is 2.54. The molecule has 1 atom stereocenters. The number of para-hydroxylation sites is 1. The third-order valence-electron chi connectivity index (χ3n) is 2.16. The van der Waals surface area contributed by atoms with E-state index >= 15 is 0 Å². The van der Waals surface area contributed by atoms with Crippen LogP contribution < -0.4 is 15.2 Å². The van der Waals surface area contributed by atoms with Gasteiger partial charge in [0.15, 0.2) is 11.5 Å². The minimum atomic E-state index is -0.633. The predicted octanol–water partition coefficient (Wildman–Crippen LogP) is 1.43. The number of halogens is 1. The van der Waals surface area contributed by atoms with Gasteiger partial charge in [0.25, 0.3) is 0 Å². The maximum absolute atomic E-state index is 12.4. The average Bonchev–Trinajstić information content (AvgIpc) is 2.27. The summed E-state index contributed by atoms with van der Waals surface area (Å²) in [7, 11) is 0. The molecule has 0 saturated heterocycles. The van der Waals surface area contributed by atoms with E-state index in [2.05, 4.69) is 0 Å². The second kappa shape index (κ2) is 3.84. The summed E-state index contributed by atoms with van der Waals surface area (Å²) in [4.78, 5) is 0. The molecule has 76 valence electrons. The molecule has 2 rings (SSSR count). The molecule has 0 spiro atoms. The van der Waals surface area contributed by atoms with Gasteiger partial charge in [0.1, 0.15) is 19.9 Å². The number of alkyl halides is 1. The van der Waals surface area contributed by atoms with Crippen molar-refractivity contribution >= 4 is 0 Å². The molecule has 0 saturated carbocycles. The Balaban J connectivity index is 2.39. The van der Waals surface area contributed by atoms with Gasteiger partial charge in [0.05, 0.1) is 6.04 Å². The van der Waals surface area contributed by atoms with Crippen LogP contribution in [0.15, 0.2) is 18.2 Å². The average molecular weight is 197 g/mol. The third-order valence-corrected chi connectivity index (χ3v) is 2.16. The highest BCUT2D eigenvalue weighted by Crippen LogP contribution is 2.36. The number of rotatable bonds is 2. The van der Waals surface area contributed by atoms with Crippen LogP contribution in [0.5, 0.6) is 11.5 Å². The number of fused-ring (bicyclic) bond motifs is 1. The second-order valence-electron chi connectivity index (χ2n) is 3.13. The van der Waals surface area contributed by atoms with Crippen molar-refractivity contribution in [2.24, 2.45) is 5.73 Å². The molecule has 0 unspecified atom stereocenters. The Hall–Kier alpha value is -1.29. The molecule has 0 aliphatic carbocycles. The number of hydrogen-bond donors (Lipinski definition) is 1. The first-order valence-corrected chi connectivity index (χ1v) is 4.53. The van der Waals surface area contributed by atoms with Crippen molar-refractivity contribution in [3.63, 3.8) is 0 Å². The molecule has 0 bridgehead atoms. The van der Waals surface area contributed by atoms with Crippen molar-refractivity contribution in [1.29, 1.82) is 0 Å². The van der Waals surface area contributed by atoms with Gasteiger partial charge in [-0.05, 0) is 6.07 Å². The summed E-state index contributed by atoms with van der Waals surface area (Å²) in [5.41, 5.74) is 6.28. The van der Waals surface area contributed by atoms with E-state index in [4.69, 9.17) is 15.2 Å². The van der Waals surface area contributed by atoms with Crippen LogP contribution in [0.1, 0.15) is 11.6 Å². The number of benzene rings is 1. The summed E-state index contributed by atoms with van der Waals surface area (Å²) < 4.78 is 23.2. The Morgan fingerprint density at radius 3 is 2.93 bits per heavy atom. The molecule has 1 aromatic rings. The zero-order valence-electron chi connectivity index (χ0n) is 7.70. The Bertz CT molecular complexity index is 330. The zero-order chi connectivity index (χ0) is 9.97. The van der Waals surface area contributed by atoms with Crippen molar-refractivity contribution in [2.75, 3.05) is 19.9 Å². The normalized spacial score (nSPS) is 16.4. The van der Waals surface area contributed by atoms with E-state index in [-0.39, 0.29) is 0 Å². The summed E-state index contributed by atoms with van der Waals surface area (Å²) in [5.74, 6) is 1.24. The smallest absolute Gasteiger partial charge is 0.166 e. The lowest BCUT2D eigenvalue weighted by molar-refractivity contribution is 0.168. The highest BCUT2D eigenvalue weighted by atomic mass is 19.1. The van der Waals surface area contributed by atoms with Crippen molar-refractivity contribution in [3.8, 4) is 11.5 Å². The SMILES string of the molecule is N[C@H](CF)c1cccc2c1OCCO2. The quantitative estimate of drug-likeness (QED) is 0.780. The van der Waals surface area contributed by atoms with Crippen molar-refractivity contribution in [1.82, 2.24) is 0 Å². The van der Waals surface area contributed by atoms with Crippen LogP contribution in [0.4, 0.5) is 4.39 Å². The van der Waals surface area contributed by atoms with Crippen LogP contribution in [0, 0.1) is 0 Å². The first-order chi connectivity index (χ1) is 6.83. The lowest BCUT2D eigenvalue weighted by atomic mass is 10.1. The fraction of sp³-hybridized carbons (Fsp3) is 0.400. The fourth-order valence-corrected chi connectivity index (χ4v) is 1.47. The number of ether oxygens (including phenoxy) is 2. The number of hydrogen-bond acceptors (Lipinski definition) is 3. The van der Waals surface area contributed by atoms with Crippen LogP contribution in [-0.4, -0.2) is 19.9 Å². The monoisotopic (exact) mass is 197 g/mol. The van der Waals surface area contributed by atoms with Gasteiger partial charge < -0.3 is 15.2 Å². The van der Waals surface area contributed by atoms with Gasteiger partial charge in [0.2, 0.25) is 0 Å². The van der Waals surface area contributed by atoms with Gasteiger partial charge >= 0.3 is 0 Å². The first-order valence-electron chi connectivity index (χ1n) is 4.53. The van der Waals surface area contributed by atoms with Gasteiger partial charge in [-0.25, -0.2) is 4.39 Å². The molecule has 1 aromatic carbocycles. The molecule has 0 aromatic heterocycles. The highest BCUT2D eigenvalue weighted by molar-refractivity contribution is 5.48. The molecule has 1 aliphatic rings. The molecule has 0 amide bonds. The molecule has 3 nitrogen and oxygen atoms in total. The van der Waals surface area contributed by atoms with Crippen LogP contribution in [0.25, 0.3) is 0 Å². The predicted molar refractivity (Wildman–Crippen MR) is 50.3 cm³/mol. The van der Waals surface area contributed by atoms with Crippen molar-refractivity contribution < 1.29 is 13.9 Å². The van der Waals surface area contributed by atoms with E-state index in [1.807, 2.05) is 0 Å². The van der Waals surface area contributed by atoms with E-state index in [1.54, 1.807) is 18.2 Å². The van der Waals surface area contributed by atoms with E-state index < -0.39 is 12.7 Å². The van der Waals surface area contributed by atoms with E-state index in [0.717, 1.165) is 0 Å². The van der Waals surface area contributed by atoms with Crippen molar-refractivity contribution in [2.45, 2.75) is 6.04 Å². The summed E-state index contributed by atoms with van der Waals surface area (Å²) in [6.45, 7) is 0.421. The second-order valence-corrected chi connectivity index (χ2v) is 3.13. The van der Waals surface area contributed by atoms with E-state index in [1.165, 1.54) is 0 Å². The summed E-state index contributed by atoms with van der Waals surface area (Å²) in [5, 5.41) is 0. The molecule has 0 radical (unpaired) electrons.